The number of hydrogen-bond donors (Lipinski definition) is 1. The highest BCUT2D eigenvalue weighted by Gasteiger charge is 2.12. The molecule has 0 atom stereocenters. The molecule has 1 N–H and O–H groups in total. The van der Waals surface area contributed by atoms with E-state index in [0.717, 1.165) is 11.4 Å². The fourth-order valence-corrected chi connectivity index (χ4v) is 3.56. The van der Waals surface area contributed by atoms with E-state index in [1.165, 1.54) is 12.5 Å². The van der Waals surface area contributed by atoms with E-state index in [1.54, 1.807) is 42.6 Å². The molecule has 0 fully saturated rings. The Balaban J connectivity index is 1.56. The number of sulfone groups is 1. The van der Waals surface area contributed by atoms with Crippen LogP contribution in [0.25, 0.3) is 10.9 Å². The second kappa shape index (κ2) is 7.60. The minimum absolute atomic E-state index is 0.00922. The van der Waals surface area contributed by atoms with Crippen molar-refractivity contribution in [1.29, 1.82) is 0 Å². The molecule has 4 aromatic rings. The summed E-state index contributed by atoms with van der Waals surface area (Å²) in [4.78, 5) is 14.3. The van der Waals surface area contributed by atoms with E-state index in [4.69, 9.17) is 4.74 Å². The quantitative estimate of drug-likeness (QED) is 0.519. The number of nitrogens with zero attached hydrogens (tertiary/aromatic N) is 4. The van der Waals surface area contributed by atoms with Gasteiger partial charge in [0, 0.05) is 30.9 Å². The number of aromatic hydroxyl groups is 1. The Morgan fingerprint density at radius 1 is 1.00 bits per heavy atom. The van der Waals surface area contributed by atoms with Crippen LogP contribution < -0.4 is 9.64 Å². The van der Waals surface area contributed by atoms with Crippen LogP contribution in [0.2, 0.25) is 0 Å². The average Bonchev–Trinajstić information content (AvgIpc) is 2.73. The minimum Gasteiger partial charge on any atom is -0.493 e. The summed E-state index contributed by atoms with van der Waals surface area (Å²) in [5.41, 5.74) is 2.04. The van der Waals surface area contributed by atoms with Gasteiger partial charge in [-0.3, -0.25) is 4.98 Å². The predicted molar refractivity (Wildman–Crippen MR) is 113 cm³/mol. The molecule has 0 saturated heterocycles. The van der Waals surface area contributed by atoms with Gasteiger partial charge in [-0.25, -0.2) is 8.42 Å². The van der Waals surface area contributed by atoms with Crippen LogP contribution in [0.5, 0.6) is 17.6 Å². The molecule has 4 rings (SSSR count). The lowest BCUT2D eigenvalue weighted by Gasteiger charge is -2.20. The standard InChI is InChI=1S/C21H18N4O4S/c1-25(15-4-3-5-17(12-15)30(2,27)28)14-6-8-16(9-7-14)29-21-23-19-13-22-11-10-18(19)20(26)24-21/h3-13H,1-2H3,(H,23,24,26). The summed E-state index contributed by atoms with van der Waals surface area (Å²) < 4.78 is 29.3. The van der Waals surface area contributed by atoms with Gasteiger partial charge in [-0.1, -0.05) is 6.07 Å². The Bertz CT molecular complexity index is 1320. The summed E-state index contributed by atoms with van der Waals surface area (Å²) in [6.07, 6.45) is 4.25. The van der Waals surface area contributed by atoms with Gasteiger partial charge in [0.15, 0.2) is 9.84 Å². The third kappa shape index (κ3) is 4.01. The first kappa shape index (κ1) is 19.6. The van der Waals surface area contributed by atoms with E-state index < -0.39 is 9.84 Å². The first-order valence-electron chi connectivity index (χ1n) is 8.94. The van der Waals surface area contributed by atoms with Gasteiger partial charge in [-0.05, 0) is 48.5 Å². The largest absolute Gasteiger partial charge is 0.493 e. The predicted octanol–water partition coefficient (Wildman–Crippen LogP) is 3.69. The van der Waals surface area contributed by atoms with E-state index in [0.29, 0.717) is 16.7 Å². The number of anilines is 2. The summed E-state index contributed by atoms with van der Waals surface area (Å²) in [6.45, 7) is 0. The molecule has 0 amide bonds. The van der Waals surface area contributed by atoms with Crippen molar-refractivity contribution in [3.05, 3.63) is 67.0 Å². The fourth-order valence-electron chi connectivity index (χ4n) is 2.90. The van der Waals surface area contributed by atoms with E-state index in [9.17, 15) is 13.5 Å². The lowest BCUT2D eigenvalue weighted by Crippen LogP contribution is -2.10. The molecule has 2 heterocycles. The molecule has 8 nitrogen and oxygen atoms in total. The number of ether oxygens (including phenoxy) is 1. The van der Waals surface area contributed by atoms with Gasteiger partial charge in [0.25, 0.3) is 0 Å². The lowest BCUT2D eigenvalue weighted by atomic mass is 10.2. The molecule has 0 saturated carbocycles. The van der Waals surface area contributed by atoms with Crippen LogP contribution >= 0.6 is 0 Å². The summed E-state index contributed by atoms with van der Waals surface area (Å²) in [5.74, 6) is 0.305. The van der Waals surface area contributed by atoms with Crippen molar-refractivity contribution in [2.45, 2.75) is 4.90 Å². The number of fused-ring (bicyclic) bond motifs is 1. The van der Waals surface area contributed by atoms with Crippen LogP contribution in [0.3, 0.4) is 0 Å². The van der Waals surface area contributed by atoms with Gasteiger partial charge in [0.2, 0.25) is 5.88 Å². The topological polar surface area (TPSA) is 106 Å². The minimum atomic E-state index is -3.29. The molecule has 0 spiro atoms. The van der Waals surface area contributed by atoms with E-state index in [-0.39, 0.29) is 16.8 Å². The van der Waals surface area contributed by atoms with Gasteiger partial charge in [-0.2, -0.15) is 9.97 Å². The smallest absolute Gasteiger partial charge is 0.325 e. The Morgan fingerprint density at radius 3 is 2.50 bits per heavy atom. The SMILES string of the molecule is CN(c1ccc(Oc2nc(O)c3ccncc3n2)cc1)c1cccc(S(C)(=O)=O)c1. The summed E-state index contributed by atoms with van der Waals surface area (Å²) in [5, 5.41) is 10.5. The highest BCUT2D eigenvalue weighted by molar-refractivity contribution is 7.90. The molecule has 2 aromatic heterocycles. The van der Waals surface area contributed by atoms with Crippen LogP contribution in [-0.4, -0.2) is 41.8 Å². The fraction of sp³-hybridized carbons (Fsp3) is 0.0952. The van der Waals surface area contributed by atoms with E-state index in [2.05, 4.69) is 15.0 Å². The Labute approximate surface area is 173 Å². The molecule has 0 aliphatic heterocycles. The van der Waals surface area contributed by atoms with Crippen molar-refractivity contribution in [2.24, 2.45) is 0 Å². The normalized spacial score (nSPS) is 11.4. The average molecular weight is 422 g/mol. The molecule has 0 radical (unpaired) electrons. The van der Waals surface area contributed by atoms with Gasteiger partial charge in [0.1, 0.15) is 5.75 Å². The zero-order chi connectivity index (χ0) is 21.3. The number of rotatable bonds is 5. The second-order valence-corrected chi connectivity index (χ2v) is 8.66. The molecule has 152 valence electrons. The van der Waals surface area contributed by atoms with E-state index in [1.807, 2.05) is 30.1 Å². The van der Waals surface area contributed by atoms with Crippen molar-refractivity contribution < 1.29 is 18.3 Å². The number of hydrogen-bond acceptors (Lipinski definition) is 8. The first-order valence-corrected chi connectivity index (χ1v) is 10.8. The molecule has 30 heavy (non-hydrogen) atoms. The van der Waals surface area contributed by atoms with Crippen molar-refractivity contribution in [2.75, 3.05) is 18.2 Å². The van der Waals surface area contributed by atoms with Crippen LogP contribution in [0, 0.1) is 0 Å². The Kier molecular flexibility index (Phi) is 4.96. The highest BCUT2D eigenvalue weighted by atomic mass is 32.2. The third-order valence-corrected chi connectivity index (χ3v) is 5.64. The molecule has 0 unspecified atom stereocenters. The molecule has 9 heteroatoms. The third-order valence-electron chi connectivity index (χ3n) is 4.52. The first-order chi connectivity index (χ1) is 14.3. The van der Waals surface area contributed by atoms with Crippen molar-refractivity contribution >= 4 is 32.1 Å². The zero-order valence-corrected chi connectivity index (χ0v) is 17.0. The van der Waals surface area contributed by atoms with E-state index >= 15 is 0 Å². The maximum absolute atomic E-state index is 11.8. The molecule has 2 aromatic carbocycles. The maximum atomic E-state index is 11.8. The monoisotopic (exact) mass is 422 g/mol. The summed E-state index contributed by atoms with van der Waals surface area (Å²) in [7, 11) is -1.45. The number of pyridine rings is 1. The van der Waals surface area contributed by atoms with Gasteiger partial charge in [0.05, 0.1) is 22.0 Å². The second-order valence-electron chi connectivity index (χ2n) is 6.65. The molecule has 0 aliphatic rings. The molecular weight excluding hydrogens is 404 g/mol. The molecule has 0 aliphatic carbocycles. The molecular formula is C21H18N4O4S. The van der Waals surface area contributed by atoms with Crippen molar-refractivity contribution in [3.63, 3.8) is 0 Å². The van der Waals surface area contributed by atoms with Crippen molar-refractivity contribution in [3.8, 4) is 17.6 Å². The Morgan fingerprint density at radius 2 is 1.77 bits per heavy atom. The van der Waals surface area contributed by atoms with Gasteiger partial charge < -0.3 is 14.7 Å². The van der Waals surface area contributed by atoms with Gasteiger partial charge >= 0.3 is 6.01 Å². The number of aromatic nitrogens is 3. The Hall–Kier alpha value is -3.72. The van der Waals surface area contributed by atoms with Gasteiger partial charge in [-0.15, -0.1) is 0 Å². The van der Waals surface area contributed by atoms with Crippen LogP contribution in [0.1, 0.15) is 0 Å². The number of benzene rings is 2. The highest BCUT2D eigenvalue weighted by Crippen LogP contribution is 2.29. The molecule has 0 bridgehead atoms. The zero-order valence-electron chi connectivity index (χ0n) is 16.2. The van der Waals surface area contributed by atoms with Crippen LogP contribution in [-0.2, 0) is 9.84 Å². The van der Waals surface area contributed by atoms with Crippen molar-refractivity contribution in [1.82, 2.24) is 15.0 Å². The van der Waals surface area contributed by atoms with Crippen LogP contribution in [0.4, 0.5) is 11.4 Å². The van der Waals surface area contributed by atoms with Crippen LogP contribution in [0.15, 0.2) is 71.9 Å². The maximum Gasteiger partial charge on any atom is 0.325 e. The summed E-state index contributed by atoms with van der Waals surface area (Å²) >= 11 is 0. The summed E-state index contributed by atoms with van der Waals surface area (Å²) in [6, 6.07) is 15.5. The lowest BCUT2D eigenvalue weighted by molar-refractivity contribution is 0.412.